The summed E-state index contributed by atoms with van der Waals surface area (Å²) in [5, 5.41) is 5.49. The third-order valence-electron chi connectivity index (χ3n) is 4.04. The van der Waals surface area contributed by atoms with Crippen LogP contribution >= 0.6 is 0 Å². The summed E-state index contributed by atoms with van der Waals surface area (Å²) in [6.07, 6.45) is -0.647. The molecule has 6 heteroatoms. The first-order valence-corrected chi connectivity index (χ1v) is 8.15. The summed E-state index contributed by atoms with van der Waals surface area (Å²) >= 11 is 0. The zero-order valence-electron chi connectivity index (χ0n) is 14.3. The van der Waals surface area contributed by atoms with Crippen LogP contribution in [-0.2, 0) is 9.59 Å². The van der Waals surface area contributed by atoms with Gasteiger partial charge in [0.1, 0.15) is 5.75 Å². The normalized spacial score (nSPS) is 15.8. The Bertz CT molecular complexity index is 791. The molecule has 2 aromatic rings. The van der Waals surface area contributed by atoms with Crippen LogP contribution < -0.4 is 20.3 Å². The average molecular weight is 339 g/mol. The number of likely N-dealkylation sites (N-methyl/N-ethyl adjacent to an activating group) is 1. The lowest BCUT2D eigenvalue weighted by Crippen LogP contribution is -2.50. The molecule has 1 aliphatic heterocycles. The Morgan fingerprint density at radius 1 is 1.20 bits per heavy atom. The second-order valence-corrected chi connectivity index (χ2v) is 5.99. The van der Waals surface area contributed by atoms with Gasteiger partial charge in [0.2, 0.25) is 5.91 Å². The van der Waals surface area contributed by atoms with Crippen LogP contribution in [0.25, 0.3) is 0 Å². The molecule has 2 N–H and O–H groups in total. The minimum Gasteiger partial charge on any atom is -0.477 e. The van der Waals surface area contributed by atoms with E-state index in [1.54, 1.807) is 13.1 Å². The lowest BCUT2D eigenvalue weighted by Gasteiger charge is -2.35. The predicted octanol–water partition coefficient (Wildman–Crippen LogP) is 1.95. The van der Waals surface area contributed by atoms with Gasteiger partial charge in [-0.25, -0.2) is 0 Å². The van der Waals surface area contributed by atoms with Gasteiger partial charge in [-0.15, -0.1) is 0 Å². The molecular weight excluding hydrogens is 318 g/mol. The van der Waals surface area contributed by atoms with Gasteiger partial charge in [0, 0.05) is 12.7 Å². The van der Waals surface area contributed by atoms with Gasteiger partial charge >= 0.3 is 0 Å². The van der Waals surface area contributed by atoms with Crippen LogP contribution in [0, 0.1) is 6.92 Å². The van der Waals surface area contributed by atoms with Crippen molar-refractivity contribution in [3.8, 4) is 5.75 Å². The van der Waals surface area contributed by atoms with Crippen molar-refractivity contribution in [2.24, 2.45) is 0 Å². The van der Waals surface area contributed by atoms with E-state index in [0.29, 0.717) is 12.3 Å². The number of fused-ring (bicyclic) bond motifs is 1. The number of carbonyl (C=O) groups is 2. The highest BCUT2D eigenvalue weighted by Crippen LogP contribution is 2.32. The largest absolute Gasteiger partial charge is 0.477 e. The van der Waals surface area contributed by atoms with Crippen LogP contribution in [0.4, 0.5) is 11.4 Å². The maximum atomic E-state index is 12.5. The summed E-state index contributed by atoms with van der Waals surface area (Å²) in [5.41, 5.74) is 2.64. The molecule has 0 aliphatic carbocycles. The number of hydrogen-bond acceptors (Lipinski definition) is 4. The summed E-state index contributed by atoms with van der Waals surface area (Å²) < 4.78 is 5.75. The van der Waals surface area contributed by atoms with Crippen LogP contribution in [0.2, 0.25) is 0 Å². The van der Waals surface area contributed by atoms with Gasteiger partial charge in [-0.1, -0.05) is 24.3 Å². The molecule has 0 aromatic heterocycles. The van der Waals surface area contributed by atoms with Crippen molar-refractivity contribution >= 4 is 23.2 Å². The number of nitrogens with zero attached hydrogens (tertiary/aromatic N) is 1. The van der Waals surface area contributed by atoms with Gasteiger partial charge in [-0.3, -0.25) is 9.59 Å². The molecule has 0 radical (unpaired) electrons. The van der Waals surface area contributed by atoms with Crippen molar-refractivity contribution in [1.29, 1.82) is 0 Å². The topological polar surface area (TPSA) is 70.7 Å². The molecule has 1 atom stereocenters. The number of aryl methyl sites for hydroxylation is 1. The number of amides is 2. The first kappa shape index (κ1) is 16.8. The summed E-state index contributed by atoms with van der Waals surface area (Å²) in [4.78, 5) is 26.3. The zero-order chi connectivity index (χ0) is 17.8. The smallest absolute Gasteiger partial charge is 0.262 e. The highest BCUT2D eigenvalue weighted by Gasteiger charge is 2.30. The molecule has 2 aromatic carbocycles. The molecule has 1 heterocycles. The Hall–Kier alpha value is -3.02. The van der Waals surface area contributed by atoms with E-state index in [1.807, 2.05) is 54.3 Å². The Labute approximate surface area is 146 Å². The van der Waals surface area contributed by atoms with Crippen LogP contribution in [0.3, 0.4) is 0 Å². The van der Waals surface area contributed by atoms with Crippen LogP contribution in [0.15, 0.2) is 48.5 Å². The lowest BCUT2D eigenvalue weighted by molar-refractivity contribution is -0.127. The van der Waals surface area contributed by atoms with Crippen molar-refractivity contribution in [1.82, 2.24) is 5.32 Å². The lowest BCUT2D eigenvalue weighted by atomic mass is 10.1. The van der Waals surface area contributed by atoms with E-state index < -0.39 is 6.10 Å². The minimum atomic E-state index is -0.647. The number of anilines is 2. The number of carbonyl (C=O) groups excluding carboxylic acids is 2. The molecule has 1 unspecified atom stereocenters. The SMILES string of the molecule is CNC(=O)C1CN(CC(=O)Nc2cccc(C)c2)c2ccccc2O1. The molecular formula is C19H21N3O3. The standard InChI is InChI=1S/C19H21N3O3/c1-13-6-5-7-14(10-13)21-18(23)12-22-11-17(19(24)20-2)25-16-9-4-3-8-15(16)22/h3-10,17H,11-12H2,1-2H3,(H,20,24)(H,21,23). The molecule has 0 fully saturated rings. The van der Waals surface area contributed by atoms with Gasteiger partial charge < -0.3 is 20.3 Å². The second kappa shape index (κ2) is 7.25. The molecule has 3 rings (SSSR count). The number of hydrogen-bond donors (Lipinski definition) is 2. The van der Waals surface area contributed by atoms with E-state index in [9.17, 15) is 9.59 Å². The van der Waals surface area contributed by atoms with E-state index >= 15 is 0 Å². The van der Waals surface area contributed by atoms with Crippen LogP contribution in [0.1, 0.15) is 5.56 Å². The number of benzene rings is 2. The van der Waals surface area contributed by atoms with Crippen molar-refractivity contribution in [3.05, 3.63) is 54.1 Å². The predicted molar refractivity (Wildman–Crippen MR) is 96.9 cm³/mol. The number of rotatable bonds is 4. The monoisotopic (exact) mass is 339 g/mol. The average Bonchev–Trinajstić information content (AvgIpc) is 2.60. The molecule has 0 saturated carbocycles. The van der Waals surface area contributed by atoms with E-state index in [4.69, 9.17) is 4.74 Å². The first-order chi connectivity index (χ1) is 12.1. The zero-order valence-corrected chi connectivity index (χ0v) is 14.3. The van der Waals surface area contributed by atoms with Gasteiger partial charge in [-0.05, 0) is 36.8 Å². The number of para-hydroxylation sites is 2. The maximum Gasteiger partial charge on any atom is 0.262 e. The molecule has 6 nitrogen and oxygen atoms in total. The molecule has 0 saturated heterocycles. The first-order valence-electron chi connectivity index (χ1n) is 8.15. The van der Waals surface area contributed by atoms with E-state index in [0.717, 1.165) is 16.9 Å². The second-order valence-electron chi connectivity index (χ2n) is 5.99. The third kappa shape index (κ3) is 3.91. The fourth-order valence-electron chi connectivity index (χ4n) is 2.85. The minimum absolute atomic E-state index is 0.141. The van der Waals surface area contributed by atoms with E-state index in [1.165, 1.54) is 0 Å². The van der Waals surface area contributed by atoms with E-state index in [-0.39, 0.29) is 18.4 Å². The van der Waals surface area contributed by atoms with Crippen LogP contribution in [0.5, 0.6) is 5.75 Å². The van der Waals surface area contributed by atoms with Crippen molar-refractivity contribution < 1.29 is 14.3 Å². The van der Waals surface area contributed by atoms with Gasteiger partial charge in [0.25, 0.3) is 5.91 Å². The molecule has 0 spiro atoms. The van der Waals surface area contributed by atoms with Crippen molar-refractivity contribution in [3.63, 3.8) is 0 Å². The fourth-order valence-corrected chi connectivity index (χ4v) is 2.85. The van der Waals surface area contributed by atoms with Crippen LogP contribution in [-0.4, -0.2) is 38.1 Å². The Kier molecular flexibility index (Phi) is 4.88. The quantitative estimate of drug-likeness (QED) is 0.893. The van der Waals surface area contributed by atoms with Gasteiger partial charge in [0.15, 0.2) is 6.10 Å². The Balaban J connectivity index is 1.75. The van der Waals surface area contributed by atoms with Gasteiger partial charge in [0.05, 0.1) is 18.8 Å². The van der Waals surface area contributed by atoms with Crippen molar-refractivity contribution in [2.45, 2.75) is 13.0 Å². The Morgan fingerprint density at radius 2 is 2.00 bits per heavy atom. The molecule has 2 amide bonds. The summed E-state index contributed by atoms with van der Waals surface area (Å²) in [7, 11) is 1.57. The van der Waals surface area contributed by atoms with Gasteiger partial charge in [-0.2, -0.15) is 0 Å². The molecule has 130 valence electrons. The summed E-state index contributed by atoms with van der Waals surface area (Å²) in [6, 6.07) is 15.1. The molecule has 25 heavy (non-hydrogen) atoms. The van der Waals surface area contributed by atoms with Crippen molar-refractivity contribution in [2.75, 3.05) is 30.4 Å². The third-order valence-corrected chi connectivity index (χ3v) is 4.04. The van der Waals surface area contributed by atoms with E-state index in [2.05, 4.69) is 10.6 Å². The molecule has 1 aliphatic rings. The highest BCUT2D eigenvalue weighted by atomic mass is 16.5. The fraction of sp³-hybridized carbons (Fsp3) is 0.263. The number of ether oxygens (including phenoxy) is 1. The molecule has 0 bridgehead atoms. The Morgan fingerprint density at radius 3 is 2.76 bits per heavy atom. The number of nitrogens with one attached hydrogen (secondary N) is 2. The summed E-state index contributed by atoms with van der Waals surface area (Å²) in [5.74, 6) is 0.252. The maximum absolute atomic E-state index is 12.5. The highest BCUT2D eigenvalue weighted by molar-refractivity contribution is 5.95. The summed E-state index contributed by atoms with van der Waals surface area (Å²) in [6.45, 7) is 2.43.